The lowest BCUT2D eigenvalue weighted by Crippen LogP contribution is -2.09. The molecule has 0 aliphatic heterocycles. The average Bonchev–Trinajstić information content (AvgIpc) is 3.08. The Morgan fingerprint density at radius 1 is 1.03 bits per heavy atom. The summed E-state index contributed by atoms with van der Waals surface area (Å²) >= 11 is 6.02. The van der Waals surface area contributed by atoms with Crippen molar-refractivity contribution in [3.8, 4) is 5.75 Å². The van der Waals surface area contributed by atoms with Crippen LogP contribution in [0.5, 0.6) is 5.75 Å². The number of hydrogen-bond donors (Lipinski definition) is 0. The van der Waals surface area contributed by atoms with E-state index in [4.69, 9.17) is 20.8 Å². The Bertz CT molecular complexity index is 1370. The highest BCUT2D eigenvalue weighted by Crippen LogP contribution is 2.21. The molecule has 154 valence electrons. The molecule has 0 spiro atoms. The molecule has 4 rings (SSSR count). The Balaban J connectivity index is 1.44. The van der Waals surface area contributed by atoms with Crippen LogP contribution in [0.3, 0.4) is 0 Å². The molecule has 0 aliphatic carbocycles. The standard InChI is InChI=1S/C22H18ClNO5S/c1-30(26,27)20-6-2-15(3-7-20)13-29-22-14-28-19(9-21(22)25)12-24-10-16-4-5-18(23)8-17(16)11-24/h2-11,14H,12-13H2,1H3. The molecule has 0 bridgehead atoms. The first kappa shape index (κ1) is 20.3. The molecular weight excluding hydrogens is 426 g/mol. The minimum Gasteiger partial charge on any atom is -0.482 e. The topological polar surface area (TPSA) is 78.5 Å². The maximum absolute atomic E-state index is 12.4. The predicted molar refractivity (Wildman–Crippen MR) is 115 cm³/mol. The van der Waals surface area contributed by atoms with Gasteiger partial charge in [-0.05, 0) is 35.2 Å². The van der Waals surface area contributed by atoms with E-state index >= 15 is 0 Å². The minimum absolute atomic E-state index is 0.0930. The summed E-state index contributed by atoms with van der Waals surface area (Å²) in [4.78, 5) is 12.6. The molecule has 0 aliphatic rings. The van der Waals surface area contributed by atoms with Crippen LogP contribution in [-0.2, 0) is 23.0 Å². The van der Waals surface area contributed by atoms with Crippen LogP contribution in [0, 0.1) is 0 Å². The molecule has 0 unspecified atom stereocenters. The third-order valence-electron chi connectivity index (χ3n) is 4.60. The van der Waals surface area contributed by atoms with Crippen LogP contribution in [-0.4, -0.2) is 19.2 Å². The number of fused-ring (bicyclic) bond motifs is 1. The van der Waals surface area contributed by atoms with Crippen LogP contribution in [0.15, 0.2) is 81.3 Å². The van der Waals surface area contributed by atoms with Crippen molar-refractivity contribution < 1.29 is 17.6 Å². The third kappa shape index (κ3) is 4.58. The number of aromatic nitrogens is 1. The first-order chi connectivity index (χ1) is 14.3. The summed E-state index contributed by atoms with van der Waals surface area (Å²) < 4.78 is 36.0. The average molecular weight is 444 g/mol. The van der Waals surface area contributed by atoms with Gasteiger partial charge in [-0.3, -0.25) is 4.79 Å². The van der Waals surface area contributed by atoms with Crippen molar-refractivity contribution >= 4 is 32.2 Å². The maximum atomic E-state index is 12.4. The molecule has 2 heterocycles. The second kappa shape index (κ2) is 8.01. The van der Waals surface area contributed by atoms with Gasteiger partial charge in [0.1, 0.15) is 18.6 Å². The van der Waals surface area contributed by atoms with E-state index in [0.29, 0.717) is 17.3 Å². The Labute approximate surface area is 178 Å². The summed E-state index contributed by atoms with van der Waals surface area (Å²) in [5.74, 6) is 0.589. The minimum atomic E-state index is -3.25. The van der Waals surface area contributed by atoms with Gasteiger partial charge in [-0.1, -0.05) is 29.8 Å². The third-order valence-corrected chi connectivity index (χ3v) is 5.96. The van der Waals surface area contributed by atoms with Crippen molar-refractivity contribution in [3.63, 3.8) is 0 Å². The van der Waals surface area contributed by atoms with Gasteiger partial charge in [0.25, 0.3) is 0 Å². The summed E-state index contributed by atoms with van der Waals surface area (Å²) in [6.45, 7) is 0.521. The van der Waals surface area contributed by atoms with Crippen molar-refractivity contribution in [2.45, 2.75) is 18.0 Å². The SMILES string of the molecule is CS(=O)(=O)c1ccc(COc2coc(Cn3cc4ccc(Cl)cc4c3)cc2=O)cc1. The summed E-state index contributed by atoms with van der Waals surface area (Å²) in [6.07, 6.45) is 6.33. The lowest BCUT2D eigenvalue weighted by molar-refractivity contribution is 0.289. The molecular formula is C22H18ClNO5S. The molecule has 0 amide bonds. The van der Waals surface area contributed by atoms with Gasteiger partial charge >= 0.3 is 0 Å². The lowest BCUT2D eigenvalue weighted by atomic mass is 10.2. The highest BCUT2D eigenvalue weighted by molar-refractivity contribution is 7.90. The smallest absolute Gasteiger partial charge is 0.227 e. The van der Waals surface area contributed by atoms with Crippen molar-refractivity contribution in [2.75, 3.05) is 6.26 Å². The van der Waals surface area contributed by atoms with Crippen LogP contribution in [0.2, 0.25) is 5.02 Å². The van der Waals surface area contributed by atoms with Crippen molar-refractivity contribution in [1.29, 1.82) is 0 Å². The van der Waals surface area contributed by atoms with Crippen LogP contribution in [0.4, 0.5) is 0 Å². The first-order valence-electron chi connectivity index (χ1n) is 9.06. The molecule has 0 fully saturated rings. The lowest BCUT2D eigenvalue weighted by Gasteiger charge is -2.07. The van der Waals surface area contributed by atoms with Crippen LogP contribution < -0.4 is 10.2 Å². The van der Waals surface area contributed by atoms with Crippen molar-refractivity contribution in [1.82, 2.24) is 4.57 Å². The van der Waals surface area contributed by atoms with Gasteiger partial charge in [0, 0.05) is 35.1 Å². The molecule has 6 nitrogen and oxygen atoms in total. The van der Waals surface area contributed by atoms with E-state index < -0.39 is 9.84 Å². The Hall–Kier alpha value is -3.03. The highest BCUT2D eigenvalue weighted by Gasteiger charge is 2.09. The maximum Gasteiger partial charge on any atom is 0.227 e. The van der Waals surface area contributed by atoms with E-state index in [-0.39, 0.29) is 22.7 Å². The normalized spacial score (nSPS) is 11.7. The molecule has 0 atom stereocenters. The van der Waals surface area contributed by atoms with Gasteiger partial charge < -0.3 is 13.7 Å². The van der Waals surface area contributed by atoms with Crippen molar-refractivity contribution in [3.05, 3.63) is 93.8 Å². The molecule has 2 aromatic carbocycles. The number of hydrogen-bond acceptors (Lipinski definition) is 5. The zero-order valence-electron chi connectivity index (χ0n) is 16.0. The van der Waals surface area contributed by atoms with Gasteiger partial charge in [0.05, 0.1) is 11.4 Å². The molecule has 0 radical (unpaired) electrons. The zero-order chi connectivity index (χ0) is 21.3. The molecule has 8 heteroatoms. The van der Waals surface area contributed by atoms with Gasteiger partial charge in [-0.2, -0.15) is 0 Å². The number of rotatable bonds is 6. The fraction of sp³-hybridized carbons (Fsp3) is 0.136. The number of benzene rings is 2. The van der Waals surface area contributed by atoms with E-state index in [2.05, 4.69) is 0 Å². The summed E-state index contributed by atoms with van der Waals surface area (Å²) in [7, 11) is -3.25. The zero-order valence-corrected chi connectivity index (χ0v) is 17.6. The number of nitrogens with zero attached hydrogens (tertiary/aromatic N) is 1. The van der Waals surface area contributed by atoms with Gasteiger partial charge in [-0.25, -0.2) is 8.42 Å². The highest BCUT2D eigenvalue weighted by atomic mass is 35.5. The Morgan fingerprint density at radius 2 is 1.77 bits per heavy atom. The second-order valence-corrected chi connectivity index (χ2v) is 9.44. The first-order valence-corrected chi connectivity index (χ1v) is 11.3. The summed E-state index contributed by atoms with van der Waals surface area (Å²) in [5, 5.41) is 2.72. The molecule has 0 saturated carbocycles. The van der Waals surface area contributed by atoms with E-state index in [1.54, 1.807) is 12.1 Å². The van der Waals surface area contributed by atoms with Crippen LogP contribution in [0.25, 0.3) is 10.8 Å². The van der Waals surface area contributed by atoms with Gasteiger partial charge in [0.15, 0.2) is 9.84 Å². The molecule has 30 heavy (non-hydrogen) atoms. The monoisotopic (exact) mass is 443 g/mol. The summed E-state index contributed by atoms with van der Waals surface area (Å²) in [5.41, 5.74) is 0.451. The van der Waals surface area contributed by atoms with E-state index in [9.17, 15) is 13.2 Å². The molecule has 0 saturated heterocycles. The van der Waals surface area contributed by atoms with E-state index in [1.807, 2.05) is 35.2 Å². The largest absolute Gasteiger partial charge is 0.482 e. The van der Waals surface area contributed by atoms with Gasteiger partial charge in [-0.15, -0.1) is 0 Å². The second-order valence-electron chi connectivity index (χ2n) is 6.98. The number of halogens is 1. The fourth-order valence-electron chi connectivity index (χ4n) is 3.06. The number of ether oxygens (including phenoxy) is 1. The molecule has 2 aromatic heterocycles. The molecule has 0 N–H and O–H groups in total. The van der Waals surface area contributed by atoms with E-state index in [0.717, 1.165) is 22.6 Å². The Kier molecular flexibility index (Phi) is 5.40. The van der Waals surface area contributed by atoms with Crippen molar-refractivity contribution in [2.24, 2.45) is 0 Å². The summed E-state index contributed by atoms with van der Waals surface area (Å²) in [6, 6.07) is 13.4. The fourth-order valence-corrected chi connectivity index (χ4v) is 3.87. The van der Waals surface area contributed by atoms with Crippen LogP contribution >= 0.6 is 11.6 Å². The van der Waals surface area contributed by atoms with Gasteiger partial charge in [0.2, 0.25) is 11.2 Å². The molecule has 4 aromatic rings. The number of sulfone groups is 1. The van der Waals surface area contributed by atoms with E-state index in [1.165, 1.54) is 24.5 Å². The quantitative estimate of drug-likeness (QED) is 0.444. The predicted octanol–water partition coefficient (Wildman–Crippen LogP) is 4.28. The van der Waals surface area contributed by atoms with Crippen LogP contribution in [0.1, 0.15) is 11.3 Å². The Morgan fingerprint density at radius 3 is 2.47 bits per heavy atom.